The Balaban J connectivity index is 2.33. The minimum absolute atomic E-state index is 0.217. The largest absolute Gasteiger partial charge is 0.393 e. The molecule has 0 saturated heterocycles. The Kier molecular flexibility index (Phi) is 3.44. The molecule has 1 aromatic rings. The van der Waals surface area contributed by atoms with Gasteiger partial charge in [0.25, 0.3) is 0 Å². The molecule has 2 N–H and O–H groups in total. The van der Waals surface area contributed by atoms with Gasteiger partial charge in [0.15, 0.2) is 9.84 Å². The van der Waals surface area contributed by atoms with Crippen LogP contribution in [0.4, 0.5) is 0 Å². The van der Waals surface area contributed by atoms with Crippen LogP contribution in [-0.4, -0.2) is 32.4 Å². The second-order valence-corrected chi connectivity index (χ2v) is 7.07. The molecule has 1 saturated carbocycles. The van der Waals surface area contributed by atoms with Crippen molar-refractivity contribution in [1.29, 1.82) is 0 Å². The van der Waals surface area contributed by atoms with Crippen LogP contribution in [-0.2, 0) is 14.6 Å². The molecule has 1 aromatic carbocycles. The molecule has 1 aliphatic rings. The average molecular weight is 285 g/mol. The van der Waals surface area contributed by atoms with Crippen LogP contribution in [0.5, 0.6) is 0 Å². The smallest absolute Gasteiger partial charge is 0.182 e. The first-order valence-corrected chi connectivity index (χ1v) is 7.48. The Labute approximate surface area is 112 Å². The molecule has 98 valence electrons. The molecule has 0 amide bonds. The highest BCUT2D eigenvalue weighted by Gasteiger charge is 2.63. The van der Waals surface area contributed by atoms with Gasteiger partial charge in [0.05, 0.1) is 27.2 Å². The summed E-state index contributed by atoms with van der Waals surface area (Å²) >= 11 is 4.99. The Morgan fingerprint density at radius 3 is 2.61 bits per heavy atom. The molecule has 0 aromatic heterocycles. The van der Waals surface area contributed by atoms with Gasteiger partial charge in [-0.1, -0.05) is 30.4 Å². The van der Waals surface area contributed by atoms with Crippen molar-refractivity contribution in [3.05, 3.63) is 30.3 Å². The van der Waals surface area contributed by atoms with Crippen molar-refractivity contribution in [3.8, 4) is 0 Å². The van der Waals surface area contributed by atoms with E-state index in [2.05, 4.69) is 0 Å². The summed E-state index contributed by atoms with van der Waals surface area (Å²) in [7, 11) is -1.87. The van der Waals surface area contributed by atoms with Crippen LogP contribution in [0.25, 0.3) is 0 Å². The fraction of sp³-hybridized carbons (Fsp3) is 0.417. The normalized spacial score (nSPS) is 26.8. The van der Waals surface area contributed by atoms with E-state index in [-0.39, 0.29) is 11.6 Å². The maximum absolute atomic E-state index is 12.4. The first-order chi connectivity index (χ1) is 8.45. The van der Waals surface area contributed by atoms with Gasteiger partial charge in [0.1, 0.15) is 0 Å². The van der Waals surface area contributed by atoms with Crippen LogP contribution in [0.3, 0.4) is 0 Å². The summed E-state index contributed by atoms with van der Waals surface area (Å²) in [4.78, 5) is 0.526. The number of hydrogen-bond acceptors (Lipinski definition) is 4. The molecular formula is C12H15NO3S2. The summed E-state index contributed by atoms with van der Waals surface area (Å²) in [6, 6.07) is 8.36. The molecule has 0 unspecified atom stereocenters. The molecule has 0 spiro atoms. The van der Waals surface area contributed by atoms with E-state index in [9.17, 15) is 8.42 Å². The summed E-state index contributed by atoms with van der Waals surface area (Å²) in [6.07, 6.45) is 0.438. The van der Waals surface area contributed by atoms with Crippen LogP contribution < -0.4 is 5.73 Å². The second-order valence-electron chi connectivity index (χ2n) is 4.50. The zero-order chi connectivity index (χ0) is 13.4. The number of hydrogen-bond donors (Lipinski definition) is 1. The zero-order valence-corrected chi connectivity index (χ0v) is 11.6. The lowest BCUT2D eigenvalue weighted by atomic mass is 10.1. The summed E-state index contributed by atoms with van der Waals surface area (Å²) in [5, 5.41) is -0.565. The van der Waals surface area contributed by atoms with E-state index >= 15 is 0 Å². The predicted molar refractivity (Wildman–Crippen MR) is 73.1 cm³/mol. The molecule has 2 atom stereocenters. The van der Waals surface area contributed by atoms with Gasteiger partial charge in [-0.3, -0.25) is 0 Å². The van der Waals surface area contributed by atoms with E-state index in [1.807, 2.05) is 0 Å². The van der Waals surface area contributed by atoms with Crippen molar-refractivity contribution >= 4 is 27.0 Å². The zero-order valence-electron chi connectivity index (χ0n) is 10.00. The minimum atomic E-state index is -3.39. The van der Waals surface area contributed by atoms with Crippen LogP contribution >= 0.6 is 12.2 Å². The van der Waals surface area contributed by atoms with E-state index < -0.39 is 20.5 Å². The SMILES string of the molecule is COC[C@@]1(C(N)=S)C[C@@H]1S(=O)(=O)c1ccccc1. The van der Waals surface area contributed by atoms with Crippen molar-refractivity contribution in [2.75, 3.05) is 13.7 Å². The number of rotatable bonds is 5. The third-order valence-corrected chi connectivity index (χ3v) is 6.05. The van der Waals surface area contributed by atoms with Crippen molar-refractivity contribution in [2.24, 2.45) is 11.1 Å². The van der Waals surface area contributed by atoms with E-state index in [4.69, 9.17) is 22.7 Å². The maximum Gasteiger partial charge on any atom is 0.182 e. The van der Waals surface area contributed by atoms with Gasteiger partial charge in [-0.25, -0.2) is 8.42 Å². The molecule has 1 aliphatic carbocycles. The molecule has 18 heavy (non-hydrogen) atoms. The van der Waals surface area contributed by atoms with Gasteiger partial charge in [-0.15, -0.1) is 0 Å². The van der Waals surface area contributed by atoms with Gasteiger partial charge in [0, 0.05) is 7.11 Å². The Bertz CT molecular complexity index is 556. The highest BCUT2D eigenvalue weighted by atomic mass is 32.2. The van der Waals surface area contributed by atoms with Crippen LogP contribution in [0.15, 0.2) is 35.2 Å². The Hall–Kier alpha value is -0.980. The number of sulfone groups is 1. The Morgan fingerprint density at radius 2 is 2.11 bits per heavy atom. The van der Waals surface area contributed by atoms with Crippen molar-refractivity contribution in [2.45, 2.75) is 16.6 Å². The average Bonchev–Trinajstić information content (AvgIpc) is 3.07. The van der Waals surface area contributed by atoms with E-state index in [1.165, 1.54) is 7.11 Å². The number of nitrogens with two attached hydrogens (primary N) is 1. The highest BCUT2D eigenvalue weighted by molar-refractivity contribution is 7.92. The lowest BCUT2D eigenvalue weighted by Gasteiger charge is -2.14. The van der Waals surface area contributed by atoms with E-state index in [1.54, 1.807) is 30.3 Å². The van der Waals surface area contributed by atoms with E-state index in [0.717, 1.165) is 0 Å². The third kappa shape index (κ3) is 2.04. The van der Waals surface area contributed by atoms with Crippen molar-refractivity contribution in [1.82, 2.24) is 0 Å². The summed E-state index contributed by atoms with van der Waals surface area (Å²) in [5.74, 6) is 0. The third-order valence-electron chi connectivity index (χ3n) is 3.34. The molecule has 4 nitrogen and oxygen atoms in total. The van der Waals surface area contributed by atoms with Crippen LogP contribution in [0.1, 0.15) is 6.42 Å². The standard InChI is InChI=1S/C12H15NO3S2/c1-16-8-12(11(13)17)7-10(12)18(14,15)9-5-3-2-4-6-9/h2-6,10H,7-8H2,1H3,(H2,13,17)/t10-,12-/m0/s1. The van der Waals surface area contributed by atoms with Crippen LogP contribution in [0.2, 0.25) is 0 Å². The molecular weight excluding hydrogens is 270 g/mol. The molecule has 0 bridgehead atoms. The molecule has 0 radical (unpaired) electrons. The first kappa shape index (κ1) is 13.5. The number of ether oxygens (including phenoxy) is 1. The molecule has 0 heterocycles. The quantitative estimate of drug-likeness (QED) is 0.822. The summed E-state index contributed by atoms with van der Waals surface area (Å²) in [5.41, 5.74) is 4.98. The van der Waals surface area contributed by atoms with Gasteiger partial charge < -0.3 is 10.5 Å². The first-order valence-electron chi connectivity index (χ1n) is 5.53. The minimum Gasteiger partial charge on any atom is -0.393 e. The fourth-order valence-electron chi connectivity index (χ4n) is 2.19. The predicted octanol–water partition coefficient (Wildman–Crippen LogP) is 1.15. The lowest BCUT2D eigenvalue weighted by molar-refractivity contribution is 0.169. The number of methoxy groups -OCH3 is 1. The lowest BCUT2D eigenvalue weighted by Crippen LogP contribution is -2.32. The van der Waals surface area contributed by atoms with Gasteiger partial charge in [-0.2, -0.15) is 0 Å². The van der Waals surface area contributed by atoms with Crippen LogP contribution in [0, 0.1) is 5.41 Å². The van der Waals surface area contributed by atoms with Crippen molar-refractivity contribution < 1.29 is 13.2 Å². The fourth-order valence-corrected chi connectivity index (χ4v) is 4.72. The topological polar surface area (TPSA) is 69.4 Å². The monoisotopic (exact) mass is 285 g/mol. The molecule has 6 heteroatoms. The Morgan fingerprint density at radius 1 is 1.50 bits per heavy atom. The second kappa shape index (κ2) is 4.60. The molecule has 1 fully saturated rings. The van der Waals surface area contributed by atoms with Crippen molar-refractivity contribution in [3.63, 3.8) is 0 Å². The summed E-state index contributed by atoms with van der Waals surface area (Å²) < 4.78 is 29.9. The maximum atomic E-state index is 12.4. The van der Waals surface area contributed by atoms with Gasteiger partial charge in [0.2, 0.25) is 0 Å². The van der Waals surface area contributed by atoms with Gasteiger partial charge >= 0.3 is 0 Å². The summed E-state index contributed by atoms with van der Waals surface area (Å²) in [6.45, 7) is 0.249. The highest BCUT2D eigenvalue weighted by Crippen LogP contribution is 2.53. The molecule has 0 aliphatic heterocycles. The molecule has 2 rings (SSSR count). The van der Waals surface area contributed by atoms with Gasteiger partial charge in [-0.05, 0) is 18.6 Å². The van der Waals surface area contributed by atoms with E-state index in [0.29, 0.717) is 11.3 Å². The number of thiocarbonyl (C=S) groups is 1. The number of benzene rings is 1.